The van der Waals surface area contributed by atoms with Gasteiger partial charge in [-0.1, -0.05) is 136 Å². The van der Waals surface area contributed by atoms with Crippen molar-refractivity contribution in [2.45, 2.75) is 142 Å². The highest BCUT2D eigenvalue weighted by atomic mass is 16.3. The summed E-state index contributed by atoms with van der Waals surface area (Å²) in [5.74, 6) is -0.0994. The molecule has 0 aliphatic heterocycles. The first-order valence-corrected chi connectivity index (χ1v) is 17.4. The van der Waals surface area contributed by atoms with Crippen LogP contribution in [0.25, 0.3) is 0 Å². The number of unbranched alkanes of at least 4 members (excludes halogenated alkanes) is 9. The molecule has 0 aromatic carbocycles. The van der Waals surface area contributed by atoms with Gasteiger partial charge in [0.05, 0.1) is 18.8 Å². The summed E-state index contributed by atoms with van der Waals surface area (Å²) in [6, 6.07) is -0.655. The summed E-state index contributed by atoms with van der Waals surface area (Å²) in [6.07, 6.45) is 52.2. The Labute approximate surface area is 271 Å². The Balaban J connectivity index is 3.70. The summed E-state index contributed by atoms with van der Waals surface area (Å²) in [7, 11) is 0. The molecule has 0 aliphatic rings. The van der Waals surface area contributed by atoms with Crippen LogP contribution in [0.5, 0.6) is 0 Å². The second-order valence-corrected chi connectivity index (χ2v) is 11.2. The molecule has 4 heteroatoms. The van der Waals surface area contributed by atoms with E-state index in [1.807, 2.05) is 13.0 Å². The van der Waals surface area contributed by atoms with Gasteiger partial charge in [-0.05, 0) is 84.0 Å². The van der Waals surface area contributed by atoms with Crippen LogP contribution in [0.15, 0.2) is 97.2 Å². The van der Waals surface area contributed by atoms with Crippen LogP contribution in [0.2, 0.25) is 0 Å². The molecule has 2 unspecified atom stereocenters. The second kappa shape index (κ2) is 34.8. The van der Waals surface area contributed by atoms with Gasteiger partial charge in [-0.2, -0.15) is 0 Å². The lowest BCUT2D eigenvalue weighted by Crippen LogP contribution is -2.45. The number of hydrogen-bond donors (Lipinski definition) is 3. The maximum atomic E-state index is 12.3. The number of aliphatic hydroxyl groups is 2. The summed E-state index contributed by atoms with van der Waals surface area (Å²) < 4.78 is 0. The molecule has 1 amide bonds. The summed E-state index contributed by atoms with van der Waals surface area (Å²) >= 11 is 0. The highest BCUT2D eigenvalue weighted by Gasteiger charge is 2.17. The van der Waals surface area contributed by atoms with Gasteiger partial charge < -0.3 is 15.5 Å². The topological polar surface area (TPSA) is 69.6 Å². The van der Waals surface area contributed by atoms with E-state index in [1.165, 1.54) is 25.7 Å². The fraction of sp³-hybridized carbons (Fsp3) is 0.575. The van der Waals surface area contributed by atoms with Crippen LogP contribution in [-0.2, 0) is 4.79 Å². The Bertz CT molecular complexity index is 875. The molecule has 0 aliphatic carbocycles. The Hall–Kier alpha value is -2.69. The van der Waals surface area contributed by atoms with E-state index in [0.29, 0.717) is 6.42 Å². The van der Waals surface area contributed by atoms with E-state index in [9.17, 15) is 15.0 Å². The lowest BCUT2D eigenvalue weighted by atomic mass is 10.1. The van der Waals surface area contributed by atoms with Gasteiger partial charge in [0.15, 0.2) is 0 Å². The van der Waals surface area contributed by atoms with Crippen LogP contribution in [0, 0.1) is 0 Å². The van der Waals surface area contributed by atoms with Gasteiger partial charge in [-0.25, -0.2) is 0 Å². The third-order valence-corrected chi connectivity index (χ3v) is 7.12. The zero-order valence-corrected chi connectivity index (χ0v) is 28.1. The number of allylic oxidation sites excluding steroid dienone is 15. The van der Waals surface area contributed by atoms with Crippen molar-refractivity contribution in [3.05, 3.63) is 97.2 Å². The van der Waals surface area contributed by atoms with E-state index >= 15 is 0 Å². The van der Waals surface area contributed by atoms with Crippen LogP contribution in [0.4, 0.5) is 0 Å². The molecule has 0 saturated heterocycles. The van der Waals surface area contributed by atoms with Gasteiger partial charge in [0, 0.05) is 6.42 Å². The number of amides is 1. The first-order valence-electron chi connectivity index (χ1n) is 17.4. The lowest BCUT2D eigenvalue weighted by molar-refractivity contribution is -0.123. The number of aliphatic hydroxyl groups excluding tert-OH is 2. The predicted molar refractivity (Wildman–Crippen MR) is 193 cm³/mol. The summed E-state index contributed by atoms with van der Waals surface area (Å²) in [4.78, 5) is 12.3. The molecule has 0 spiro atoms. The van der Waals surface area contributed by atoms with E-state index in [1.54, 1.807) is 6.08 Å². The highest BCUT2D eigenvalue weighted by molar-refractivity contribution is 5.76. The fourth-order valence-corrected chi connectivity index (χ4v) is 4.48. The number of carbonyl (C=O) groups excluding carboxylic acids is 1. The van der Waals surface area contributed by atoms with Crippen LogP contribution >= 0.6 is 0 Å². The van der Waals surface area contributed by atoms with Gasteiger partial charge >= 0.3 is 0 Å². The zero-order chi connectivity index (χ0) is 32.2. The second-order valence-electron chi connectivity index (χ2n) is 11.2. The van der Waals surface area contributed by atoms with Gasteiger partial charge in [-0.3, -0.25) is 4.79 Å². The smallest absolute Gasteiger partial charge is 0.220 e. The minimum atomic E-state index is -0.878. The van der Waals surface area contributed by atoms with Crippen LogP contribution in [0.3, 0.4) is 0 Å². The number of carbonyl (C=O) groups is 1. The monoisotopic (exact) mass is 607 g/mol. The maximum Gasteiger partial charge on any atom is 0.220 e. The van der Waals surface area contributed by atoms with Crippen molar-refractivity contribution < 1.29 is 15.0 Å². The first kappa shape index (κ1) is 41.3. The van der Waals surface area contributed by atoms with E-state index in [-0.39, 0.29) is 12.5 Å². The van der Waals surface area contributed by atoms with Crippen molar-refractivity contribution in [2.75, 3.05) is 6.61 Å². The molecule has 0 aromatic heterocycles. The molecule has 2 atom stereocenters. The van der Waals surface area contributed by atoms with Crippen LogP contribution in [0.1, 0.15) is 129 Å². The van der Waals surface area contributed by atoms with Crippen molar-refractivity contribution in [1.82, 2.24) is 5.32 Å². The highest BCUT2D eigenvalue weighted by Crippen LogP contribution is 2.11. The Morgan fingerprint density at radius 3 is 1.59 bits per heavy atom. The maximum absolute atomic E-state index is 12.3. The third kappa shape index (κ3) is 30.8. The number of nitrogens with one attached hydrogen (secondary N) is 1. The van der Waals surface area contributed by atoms with Crippen molar-refractivity contribution in [3.8, 4) is 0 Å². The van der Waals surface area contributed by atoms with Crippen LogP contribution in [-0.4, -0.2) is 34.9 Å². The van der Waals surface area contributed by atoms with Gasteiger partial charge in [-0.15, -0.1) is 0 Å². The number of hydrogen-bond acceptors (Lipinski definition) is 3. The Kier molecular flexibility index (Phi) is 32.7. The fourth-order valence-electron chi connectivity index (χ4n) is 4.48. The van der Waals surface area contributed by atoms with E-state index in [0.717, 1.165) is 83.5 Å². The quantitative estimate of drug-likeness (QED) is 0.0585. The SMILES string of the molecule is C/C=C/CC/C=C/CC/C=C/C(O)C(CO)NC(=O)CCCCCCCCC/C=C\C/C=C\C/C=C\C/C=C\C/C=C\CC. The van der Waals surface area contributed by atoms with Crippen LogP contribution < -0.4 is 5.32 Å². The summed E-state index contributed by atoms with van der Waals surface area (Å²) in [6.45, 7) is 3.91. The van der Waals surface area contributed by atoms with E-state index in [2.05, 4.69) is 97.3 Å². The van der Waals surface area contributed by atoms with Gasteiger partial charge in [0.1, 0.15) is 0 Å². The molecule has 4 nitrogen and oxygen atoms in total. The van der Waals surface area contributed by atoms with Crippen molar-refractivity contribution >= 4 is 5.91 Å². The predicted octanol–water partition coefficient (Wildman–Crippen LogP) is 10.3. The van der Waals surface area contributed by atoms with Crippen molar-refractivity contribution in [3.63, 3.8) is 0 Å². The molecule has 3 N–H and O–H groups in total. The largest absolute Gasteiger partial charge is 0.394 e. The number of rotatable bonds is 29. The van der Waals surface area contributed by atoms with Crippen molar-refractivity contribution in [2.24, 2.45) is 0 Å². The molecule has 0 fully saturated rings. The molecule has 0 saturated carbocycles. The minimum Gasteiger partial charge on any atom is -0.394 e. The molecule has 248 valence electrons. The first-order chi connectivity index (χ1) is 21.7. The molecular weight excluding hydrogens is 542 g/mol. The third-order valence-electron chi connectivity index (χ3n) is 7.12. The molecule has 0 rings (SSSR count). The zero-order valence-electron chi connectivity index (χ0n) is 28.1. The summed E-state index contributed by atoms with van der Waals surface area (Å²) in [5.41, 5.74) is 0. The molecule has 0 radical (unpaired) electrons. The Morgan fingerprint density at radius 2 is 1.05 bits per heavy atom. The molecule has 0 heterocycles. The Morgan fingerprint density at radius 1 is 0.591 bits per heavy atom. The average Bonchev–Trinajstić information content (AvgIpc) is 3.03. The average molecular weight is 608 g/mol. The van der Waals surface area contributed by atoms with Crippen molar-refractivity contribution in [1.29, 1.82) is 0 Å². The molecule has 44 heavy (non-hydrogen) atoms. The minimum absolute atomic E-state index is 0.0994. The lowest BCUT2D eigenvalue weighted by Gasteiger charge is -2.19. The van der Waals surface area contributed by atoms with E-state index < -0.39 is 12.1 Å². The molecule has 0 bridgehead atoms. The van der Waals surface area contributed by atoms with E-state index in [4.69, 9.17) is 0 Å². The van der Waals surface area contributed by atoms with Gasteiger partial charge in [0.2, 0.25) is 5.91 Å². The van der Waals surface area contributed by atoms with Gasteiger partial charge in [0.25, 0.3) is 0 Å². The standard InChI is InChI=1S/C40H65NO3/c1-3-5-7-9-11-13-14-15-16-17-18-19-20-21-22-23-24-25-26-28-30-32-34-36-40(44)41-38(37-42)39(43)35-33-31-29-27-12-10-8-6-4-2/h4-7,11-13,15-16,18-19,21-22,27,33,35,38-39,42-43H,3,8-10,14,17,20,23-26,28-32,34,36-37H2,1-2H3,(H,41,44)/b6-4+,7-5-,13-11-,16-15-,19-18-,22-21-,27-12+,35-33+. The molecular formula is C40H65NO3. The normalized spacial score (nSPS) is 14.4. The summed E-state index contributed by atoms with van der Waals surface area (Å²) in [5, 5.41) is 22.7. The molecule has 0 aromatic rings.